The fourth-order valence-electron chi connectivity index (χ4n) is 2.89. The number of halogens is 1. The molecule has 4 aromatic rings. The molecule has 0 unspecified atom stereocenters. The van der Waals surface area contributed by atoms with E-state index in [0.29, 0.717) is 28.1 Å². The van der Waals surface area contributed by atoms with Crippen molar-refractivity contribution in [2.45, 2.75) is 13.3 Å². The van der Waals surface area contributed by atoms with E-state index >= 15 is 0 Å². The summed E-state index contributed by atoms with van der Waals surface area (Å²) in [7, 11) is 0. The lowest BCUT2D eigenvalue weighted by Gasteiger charge is -2.12. The quantitative estimate of drug-likeness (QED) is 0.517. The van der Waals surface area contributed by atoms with Crippen molar-refractivity contribution >= 4 is 31.6 Å². The second-order valence-corrected chi connectivity index (χ2v) is 6.64. The Labute approximate surface area is 145 Å². The minimum absolute atomic E-state index is 0.0743. The SMILES string of the molecule is CCc1nc2sc3ccccc3c(=O)c2c(=O)n1-c1ccc(F)cc1. The highest BCUT2D eigenvalue weighted by molar-refractivity contribution is 7.24. The maximum atomic E-state index is 13.2. The third kappa shape index (κ3) is 2.46. The van der Waals surface area contributed by atoms with Gasteiger partial charge in [-0.15, -0.1) is 11.3 Å². The van der Waals surface area contributed by atoms with E-state index in [0.717, 1.165) is 4.70 Å². The third-order valence-electron chi connectivity index (χ3n) is 4.09. The number of hydrogen-bond donors (Lipinski definition) is 0. The molecule has 0 aliphatic carbocycles. The molecule has 4 rings (SSSR count). The van der Waals surface area contributed by atoms with Crippen LogP contribution in [-0.2, 0) is 6.42 Å². The summed E-state index contributed by atoms with van der Waals surface area (Å²) in [5, 5.41) is 0.582. The van der Waals surface area contributed by atoms with E-state index in [1.54, 1.807) is 12.1 Å². The van der Waals surface area contributed by atoms with Crippen molar-refractivity contribution in [2.24, 2.45) is 0 Å². The normalized spacial score (nSPS) is 11.3. The van der Waals surface area contributed by atoms with E-state index in [1.165, 1.54) is 40.2 Å². The molecule has 0 aliphatic rings. The van der Waals surface area contributed by atoms with Gasteiger partial charge in [0, 0.05) is 16.5 Å². The first-order valence-electron chi connectivity index (χ1n) is 7.83. The van der Waals surface area contributed by atoms with Crippen LogP contribution in [0.5, 0.6) is 0 Å². The molecule has 25 heavy (non-hydrogen) atoms. The van der Waals surface area contributed by atoms with Gasteiger partial charge in [0.2, 0.25) is 5.43 Å². The van der Waals surface area contributed by atoms with E-state index in [-0.39, 0.29) is 16.6 Å². The number of benzene rings is 2. The molecular weight excluding hydrogens is 339 g/mol. The molecule has 0 atom stereocenters. The van der Waals surface area contributed by atoms with Gasteiger partial charge in [0.15, 0.2) is 0 Å². The summed E-state index contributed by atoms with van der Waals surface area (Å²) in [6.07, 6.45) is 0.510. The summed E-state index contributed by atoms with van der Waals surface area (Å²) in [4.78, 5) is 30.9. The zero-order chi connectivity index (χ0) is 17.6. The van der Waals surface area contributed by atoms with Gasteiger partial charge in [0.05, 0.1) is 5.69 Å². The second kappa shape index (κ2) is 5.89. The topological polar surface area (TPSA) is 52.0 Å². The molecular formula is C19H13FN2O2S. The van der Waals surface area contributed by atoms with Crippen molar-refractivity contribution in [3.63, 3.8) is 0 Å². The minimum Gasteiger partial charge on any atom is -0.288 e. The Balaban J connectivity index is 2.17. The summed E-state index contributed by atoms with van der Waals surface area (Å²) >= 11 is 1.33. The molecule has 0 bridgehead atoms. The molecule has 124 valence electrons. The predicted octanol–water partition coefficient (Wildman–Crippen LogP) is 3.66. The van der Waals surface area contributed by atoms with Gasteiger partial charge in [-0.2, -0.15) is 0 Å². The number of hydrogen-bond acceptors (Lipinski definition) is 4. The number of fused-ring (bicyclic) bond motifs is 2. The van der Waals surface area contributed by atoms with Crippen molar-refractivity contribution in [2.75, 3.05) is 0 Å². The molecule has 4 nitrogen and oxygen atoms in total. The lowest BCUT2D eigenvalue weighted by Crippen LogP contribution is -2.27. The molecule has 6 heteroatoms. The van der Waals surface area contributed by atoms with Gasteiger partial charge in [-0.25, -0.2) is 9.37 Å². The van der Waals surface area contributed by atoms with Crippen molar-refractivity contribution in [1.82, 2.24) is 9.55 Å². The lowest BCUT2D eigenvalue weighted by atomic mass is 10.2. The molecule has 0 N–H and O–H groups in total. The molecule has 0 saturated carbocycles. The monoisotopic (exact) mass is 352 g/mol. The Kier molecular flexibility index (Phi) is 3.69. The van der Waals surface area contributed by atoms with Crippen molar-refractivity contribution in [1.29, 1.82) is 0 Å². The standard InChI is InChI=1S/C19H13FN2O2S/c1-2-15-21-18-16(17(23)13-5-3-4-6-14(13)25-18)19(24)22(15)12-9-7-11(20)8-10-12/h3-10H,2H2,1H3. The van der Waals surface area contributed by atoms with Crippen LogP contribution in [0.25, 0.3) is 26.0 Å². The van der Waals surface area contributed by atoms with Crippen molar-refractivity contribution in [3.8, 4) is 5.69 Å². The average Bonchev–Trinajstić information content (AvgIpc) is 2.62. The van der Waals surface area contributed by atoms with E-state index in [2.05, 4.69) is 4.98 Å². The van der Waals surface area contributed by atoms with Crippen LogP contribution >= 0.6 is 11.3 Å². The molecule has 2 aromatic carbocycles. The van der Waals surface area contributed by atoms with Crippen LogP contribution in [0.1, 0.15) is 12.7 Å². The van der Waals surface area contributed by atoms with Crippen LogP contribution in [0.15, 0.2) is 58.1 Å². The van der Waals surface area contributed by atoms with Crippen LogP contribution in [0.3, 0.4) is 0 Å². The molecule has 0 amide bonds. The Morgan fingerprint density at radius 3 is 2.52 bits per heavy atom. The Morgan fingerprint density at radius 2 is 1.80 bits per heavy atom. The largest absolute Gasteiger partial charge is 0.288 e. The zero-order valence-electron chi connectivity index (χ0n) is 13.3. The van der Waals surface area contributed by atoms with Crippen molar-refractivity contribution in [3.05, 3.63) is 80.7 Å². The van der Waals surface area contributed by atoms with Gasteiger partial charge in [0.1, 0.15) is 21.9 Å². The summed E-state index contributed by atoms with van der Waals surface area (Å²) in [5.74, 6) is 0.149. The number of rotatable bonds is 2. The summed E-state index contributed by atoms with van der Waals surface area (Å²) in [6, 6.07) is 12.8. The van der Waals surface area contributed by atoms with Crippen LogP contribution < -0.4 is 11.0 Å². The minimum atomic E-state index is -0.416. The second-order valence-electron chi connectivity index (χ2n) is 5.61. The maximum Gasteiger partial charge on any atom is 0.270 e. The van der Waals surface area contributed by atoms with Gasteiger partial charge in [0.25, 0.3) is 5.56 Å². The number of aryl methyl sites for hydroxylation is 1. The smallest absolute Gasteiger partial charge is 0.270 e. The van der Waals surface area contributed by atoms with Crippen LogP contribution in [0.2, 0.25) is 0 Å². The Bertz CT molecular complexity index is 1230. The fraction of sp³-hybridized carbons (Fsp3) is 0.105. The molecule has 2 aromatic heterocycles. The molecule has 0 fully saturated rings. The summed E-state index contributed by atoms with van der Waals surface area (Å²) in [5.41, 5.74) is -0.240. The highest BCUT2D eigenvalue weighted by atomic mass is 32.1. The first kappa shape index (κ1) is 15.7. The zero-order valence-corrected chi connectivity index (χ0v) is 14.1. The highest BCUT2D eigenvalue weighted by Gasteiger charge is 2.16. The maximum absolute atomic E-state index is 13.2. The molecule has 0 radical (unpaired) electrons. The van der Waals surface area contributed by atoms with Crippen molar-refractivity contribution < 1.29 is 4.39 Å². The average molecular weight is 352 g/mol. The van der Waals surface area contributed by atoms with E-state index in [9.17, 15) is 14.0 Å². The first-order chi connectivity index (χ1) is 12.1. The van der Waals surface area contributed by atoms with Gasteiger partial charge >= 0.3 is 0 Å². The molecule has 0 saturated heterocycles. The van der Waals surface area contributed by atoms with Crippen LogP contribution in [0.4, 0.5) is 4.39 Å². The van der Waals surface area contributed by atoms with Crippen LogP contribution in [0, 0.1) is 5.82 Å². The highest BCUT2D eigenvalue weighted by Crippen LogP contribution is 2.22. The van der Waals surface area contributed by atoms with Gasteiger partial charge in [-0.1, -0.05) is 19.1 Å². The van der Waals surface area contributed by atoms with Gasteiger partial charge in [-0.05, 0) is 36.4 Å². The third-order valence-corrected chi connectivity index (χ3v) is 5.15. The van der Waals surface area contributed by atoms with Crippen LogP contribution in [-0.4, -0.2) is 9.55 Å². The lowest BCUT2D eigenvalue weighted by molar-refractivity contribution is 0.627. The Morgan fingerprint density at radius 1 is 1.08 bits per heavy atom. The van der Waals surface area contributed by atoms with E-state index < -0.39 is 5.56 Å². The van der Waals surface area contributed by atoms with E-state index in [4.69, 9.17) is 0 Å². The molecule has 0 aliphatic heterocycles. The number of nitrogens with zero attached hydrogens (tertiary/aromatic N) is 2. The van der Waals surface area contributed by atoms with E-state index in [1.807, 2.05) is 19.1 Å². The number of aromatic nitrogens is 2. The predicted molar refractivity (Wildman–Crippen MR) is 98.3 cm³/mol. The first-order valence-corrected chi connectivity index (χ1v) is 8.65. The molecule has 2 heterocycles. The fourth-order valence-corrected chi connectivity index (χ4v) is 3.95. The van der Waals surface area contributed by atoms with Gasteiger partial charge in [-0.3, -0.25) is 14.2 Å². The Hall–Kier alpha value is -2.86. The summed E-state index contributed by atoms with van der Waals surface area (Å²) in [6.45, 7) is 1.89. The molecule has 0 spiro atoms. The van der Waals surface area contributed by atoms with Gasteiger partial charge < -0.3 is 0 Å². The summed E-state index contributed by atoms with van der Waals surface area (Å²) < 4.78 is 15.4.